The monoisotopic (exact) mass is 370 g/mol. The summed E-state index contributed by atoms with van der Waals surface area (Å²) in [6.45, 7) is 4.16. The van der Waals surface area contributed by atoms with Gasteiger partial charge < -0.3 is 5.32 Å². The third kappa shape index (κ3) is 3.92. The Morgan fingerprint density at radius 3 is 2.52 bits per heavy atom. The first-order valence-corrected chi connectivity index (χ1v) is 8.83. The lowest BCUT2D eigenvalue weighted by Gasteiger charge is -2.22. The Balaban J connectivity index is 1.82. The van der Waals surface area contributed by atoms with E-state index in [1.807, 2.05) is 6.07 Å². The predicted molar refractivity (Wildman–Crippen MR) is 98.3 cm³/mol. The van der Waals surface area contributed by atoms with Crippen molar-refractivity contribution in [3.8, 4) is 16.6 Å². The maximum absolute atomic E-state index is 8.89. The van der Waals surface area contributed by atoms with Gasteiger partial charge in [0.05, 0.1) is 23.0 Å². The largest absolute Gasteiger partial charge is 0.346 e. The van der Waals surface area contributed by atoms with Crippen LogP contribution in [0.15, 0.2) is 36.9 Å². The number of halogens is 1. The average Bonchev–Trinajstić information content (AvgIpc) is 3.10. The van der Waals surface area contributed by atoms with E-state index in [2.05, 4.69) is 45.2 Å². The SMILES string of the molecule is CC(C)[C@@H](Nc1ncc(-c2ncc(C#N)s2)cn1)c1ncccc1Cl. The summed E-state index contributed by atoms with van der Waals surface area (Å²) >= 11 is 7.58. The zero-order valence-electron chi connectivity index (χ0n) is 13.6. The van der Waals surface area contributed by atoms with Crippen LogP contribution in [0, 0.1) is 17.2 Å². The van der Waals surface area contributed by atoms with Crippen molar-refractivity contribution in [3.63, 3.8) is 0 Å². The zero-order chi connectivity index (χ0) is 17.8. The topological polar surface area (TPSA) is 87.4 Å². The highest BCUT2D eigenvalue weighted by molar-refractivity contribution is 7.15. The van der Waals surface area contributed by atoms with Gasteiger partial charge in [-0.25, -0.2) is 15.0 Å². The molecule has 0 radical (unpaired) electrons. The van der Waals surface area contributed by atoms with Gasteiger partial charge in [0.25, 0.3) is 0 Å². The van der Waals surface area contributed by atoms with E-state index >= 15 is 0 Å². The van der Waals surface area contributed by atoms with Crippen LogP contribution in [0.3, 0.4) is 0 Å². The Labute approximate surface area is 154 Å². The van der Waals surface area contributed by atoms with Crippen LogP contribution in [-0.4, -0.2) is 19.9 Å². The zero-order valence-corrected chi connectivity index (χ0v) is 15.2. The van der Waals surface area contributed by atoms with Crippen LogP contribution in [0.1, 0.15) is 30.5 Å². The second-order valence-corrected chi connectivity index (χ2v) is 7.11. The Morgan fingerprint density at radius 2 is 1.92 bits per heavy atom. The van der Waals surface area contributed by atoms with E-state index in [1.54, 1.807) is 30.9 Å². The summed E-state index contributed by atoms with van der Waals surface area (Å²) in [5.74, 6) is 0.731. The van der Waals surface area contributed by atoms with Crippen molar-refractivity contribution in [1.82, 2.24) is 19.9 Å². The van der Waals surface area contributed by atoms with Crippen molar-refractivity contribution >= 4 is 28.9 Å². The highest BCUT2D eigenvalue weighted by atomic mass is 35.5. The molecule has 126 valence electrons. The minimum Gasteiger partial charge on any atom is -0.346 e. The summed E-state index contributed by atoms with van der Waals surface area (Å²) in [6, 6.07) is 5.59. The molecule has 0 spiro atoms. The van der Waals surface area contributed by atoms with E-state index in [0.29, 0.717) is 15.8 Å². The quantitative estimate of drug-likeness (QED) is 0.719. The standard InChI is InChI=1S/C17H15ClN6S/c1-10(2)14(15-13(18)4-3-5-20-15)24-17-22-7-11(8-23-17)16-21-9-12(6-19)25-16/h3-5,7-10,14H,1-2H3,(H,22,23,24)/t14-/m1/s1. The maximum atomic E-state index is 8.89. The average molecular weight is 371 g/mol. The van der Waals surface area contributed by atoms with Crippen molar-refractivity contribution in [3.05, 3.63) is 52.5 Å². The van der Waals surface area contributed by atoms with E-state index in [0.717, 1.165) is 16.3 Å². The van der Waals surface area contributed by atoms with Crippen molar-refractivity contribution in [2.45, 2.75) is 19.9 Å². The number of pyridine rings is 1. The summed E-state index contributed by atoms with van der Waals surface area (Å²) in [7, 11) is 0. The third-order valence-corrected chi connectivity index (χ3v) is 4.82. The number of nitriles is 1. The van der Waals surface area contributed by atoms with Crippen molar-refractivity contribution in [1.29, 1.82) is 5.26 Å². The van der Waals surface area contributed by atoms with Crippen LogP contribution in [0.2, 0.25) is 5.02 Å². The molecule has 1 N–H and O–H groups in total. The van der Waals surface area contributed by atoms with Gasteiger partial charge in [0.2, 0.25) is 5.95 Å². The molecule has 25 heavy (non-hydrogen) atoms. The number of thiazole rings is 1. The highest BCUT2D eigenvalue weighted by Gasteiger charge is 2.20. The van der Waals surface area contributed by atoms with Crippen LogP contribution >= 0.6 is 22.9 Å². The summed E-state index contributed by atoms with van der Waals surface area (Å²) in [5, 5.41) is 13.5. The van der Waals surface area contributed by atoms with Crippen molar-refractivity contribution in [2.75, 3.05) is 5.32 Å². The van der Waals surface area contributed by atoms with E-state index in [9.17, 15) is 0 Å². The molecule has 0 saturated heterocycles. The lowest BCUT2D eigenvalue weighted by atomic mass is 10.0. The molecule has 0 saturated carbocycles. The Hall–Kier alpha value is -2.56. The fourth-order valence-electron chi connectivity index (χ4n) is 2.29. The lowest BCUT2D eigenvalue weighted by molar-refractivity contribution is 0.531. The van der Waals surface area contributed by atoms with Gasteiger partial charge in [-0.05, 0) is 18.1 Å². The summed E-state index contributed by atoms with van der Waals surface area (Å²) in [5.41, 5.74) is 1.54. The van der Waals surface area contributed by atoms with Crippen LogP contribution < -0.4 is 5.32 Å². The van der Waals surface area contributed by atoms with Gasteiger partial charge in [-0.2, -0.15) is 5.26 Å². The van der Waals surface area contributed by atoms with Gasteiger partial charge in [0.1, 0.15) is 16.0 Å². The molecule has 0 aliphatic rings. The first kappa shape index (κ1) is 17.3. The summed E-state index contributed by atoms with van der Waals surface area (Å²) < 4.78 is 0. The fraction of sp³-hybridized carbons (Fsp3) is 0.235. The van der Waals surface area contributed by atoms with Crippen LogP contribution in [0.5, 0.6) is 0 Å². The predicted octanol–water partition coefficient (Wildman–Crippen LogP) is 4.33. The number of nitrogens with one attached hydrogen (secondary N) is 1. The van der Waals surface area contributed by atoms with Crippen molar-refractivity contribution < 1.29 is 0 Å². The van der Waals surface area contributed by atoms with Crippen LogP contribution in [0.25, 0.3) is 10.6 Å². The fourth-order valence-corrected chi connectivity index (χ4v) is 3.22. The molecule has 3 rings (SSSR count). The molecule has 0 aliphatic heterocycles. The number of hydrogen-bond donors (Lipinski definition) is 1. The minimum atomic E-state index is -0.107. The molecular formula is C17H15ClN6S. The first-order chi connectivity index (χ1) is 12.1. The van der Waals surface area contributed by atoms with Crippen LogP contribution in [0.4, 0.5) is 5.95 Å². The van der Waals surface area contributed by atoms with Gasteiger partial charge in [0, 0.05) is 24.2 Å². The third-order valence-electron chi connectivity index (χ3n) is 3.55. The Bertz CT molecular complexity index is 900. The summed E-state index contributed by atoms with van der Waals surface area (Å²) in [4.78, 5) is 17.9. The molecule has 1 atom stereocenters. The van der Waals surface area contributed by atoms with Gasteiger partial charge in [-0.3, -0.25) is 4.98 Å². The number of nitrogens with zero attached hydrogens (tertiary/aromatic N) is 5. The van der Waals surface area contributed by atoms with E-state index in [4.69, 9.17) is 16.9 Å². The molecule has 0 amide bonds. The number of rotatable bonds is 5. The molecule has 3 heterocycles. The molecule has 0 aromatic carbocycles. The molecule has 0 unspecified atom stereocenters. The molecule has 0 fully saturated rings. The number of hydrogen-bond acceptors (Lipinski definition) is 7. The second kappa shape index (κ2) is 7.55. The molecule has 0 bridgehead atoms. The summed E-state index contributed by atoms with van der Waals surface area (Å²) in [6.07, 6.45) is 6.64. The van der Waals surface area contributed by atoms with E-state index < -0.39 is 0 Å². The lowest BCUT2D eigenvalue weighted by Crippen LogP contribution is -2.19. The van der Waals surface area contributed by atoms with E-state index in [-0.39, 0.29) is 12.0 Å². The van der Waals surface area contributed by atoms with Gasteiger partial charge in [-0.1, -0.05) is 25.4 Å². The highest BCUT2D eigenvalue weighted by Crippen LogP contribution is 2.29. The second-order valence-electron chi connectivity index (χ2n) is 5.67. The molecule has 0 aliphatic carbocycles. The van der Waals surface area contributed by atoms with Crippen molar-refractivity contribution in [2.24, 2.45) is 5.92 Å². The first-order valence-electron chi connectivity index (χ1n) is 7.63. The Kier molecular flexibility index (Phi) is 5.22. The molecule has 3 aromatic rings. The molecular weight excluding hydrogens is 356 g/mol. The number of anilines is 1. The smallest absolute Gasteiger partial charge is 0.223 e. The van der Waals surface area contributed by atoms with E-state index in [1.165, 1.54) is 11.3 Å². The van der Waals surface area contributed by atoms with Crippen LogP contribution in [-0.2, 0) is 0 Å². The molecule has 3 aromatic heterocycles. The van der Waals surface area contributed by atoms with Gasteiger partial charge >= 0.3 is 0 Å². The Morgan fingerprint density at radius 1 is 1.16 bits per heavy atom. The minimum absolute atomic E-state index is 0.107. The molecule has 8 heteroatoms. The normalized spacial score (nSPS) is 12.0. The maximum Gasteiger partial charge on any atom is 0.223 e. The number of aromatic nitrogens is 4. The van der Waals surface area contributed by atoms with Gasteiger partial charge in [0.15, 0.2) is 0 Å². The molecule has 6 nitrogen and oxygen atoms in total. The van der Waals surface area contributed by atoms with Gasteiger partial charge in [-0.15, -0.1) is 11.3 Å².